The fourth-order valence-corrected chi connectivity index (χ4v) is 8.83. The summed E-state index contributed by atoms with van der Waals surface area (Å²) in [5.74, 6) is 0.664. The van der Waals surface area contributed by atoms with E-state index in [2.05, 4.69) is 179 Å². The zero-order valence-electron chi connectivity index (χ0n) is 28.0. The van der Waals surface area contributed by atoms with Crippen LogP contribution in [0.4, 0.5) is 0 Å². The Morgan fingerprint density at radius 1 is 0.346 bits per heavy atom. The Hall–Kier alpha value is -7.04. The standard InChI is InChI=1S/C48H28N4/c1-2-11-29(12-3-1)30-23-25-32(26-24-30)45-38-28-27-31-13-4-5-14-33(31)46(38)50-48(49-45)52-40-20-9-16-35-37-18-8-17-36-34-15-6-7-19-39(34)51(47(36)37)41-21-10-22-42(52)44(41)43(35)40/h1-28H. The van der Waals surface area contributed by atoms with Crippen LogP contribution in [0.3, 0.4) is 0 Å². The van der Waals surface area contributed by atoms with Gasteiger partial charge in [-0.05, 0) is 52.2 Å². The van der Waals surface area contributed by atoms with Crippen molar-refractivity contribution in [3.8, 4) is 28.3 Å². The Kier molecular flexibility index (Phi) is 5.47. The van der Waals surface area contributed by atoms with Crippen molar-refractivity contribution < 1.29 is 0 Å². The Labute approximate surface area is 297 Å². The molecule has 0 aliphatic carbocycles. The lowest BCUT2D eigenvalue weighted by molar-refractivity contribution is 1.02. The van der Waals surface area contributed by atoms with Gasteiger partial charge in [0, 0.05) is 43.3 Å². The summed E-state index contributed by atoms with van der Waals surface area (Å²) in [6.07, 6.45) is 0. The molecular formula is C48H28N4. The van der Waals surface area contributed by atoms with Crippen molar-refractivity contribution in [2.24, 2.45) is 0 Å². The molecule has 0 bridgehead atoms. The monoisotopic (exact) mass is 660 g/mol. The average molecular weight is 661 g/mol. The number of rotatable bonds is 3. The summed E-state index contributed by atoms with van der Waals surface area (Å²) in [7, 11) is 0. The quantitative estimate of drug-likeness (QED) is 0.177. The SMILES string of the molecule is c1ccc(-c2ccc(-c3nc(-n4c5cccc6c7cccc8c9ccccc9n(c9cccc4c9c65)c78)nc4c3ccc3ccccc34)cc2)cc1. The first-order valence-corrected chi connectivity index (χ1v) is 17.8. The van der Waals surface area contributed by atoms with Gasteiger partial charge in [-0.1, -0.05) is 140 Å². The number of aromatic nitrogens is 4. The van der Waals surface area contributed by atoms with E-state index in [1.54, 1.807) is 0 Å². The van der Waals surface area contributed by atoms with Crippen molar-refractivity contribution in [2.75, 3.05) is 0 Å². The number of nitrogens with zero attached hydrogens (tertiary/aromatic N) is 4. The van der Waals surface area contributed by atoms with Gasteiger partial charge in [0.1, 0.15) is 0 Å². The number of hydrogen-bond acceptors (Lipinski definition) is 2. The summed E-state index contributed by atoms with van der Waals surface area (Å²) in [6.45, 7) is 0. The molecule has 0 radical (unpaired) electrons. The lowest BCUT2D eigenvalue weighted by Crippen LogP contribution is -2.04. The highest BCUT2D eigenvalue weighted by atomic mass is 15.2. The third-order valence-electron chi connectivity index (χ3n) is 11.1. The Morgan fingerprint density at radius 2 is 0.942 bits per heavy atom. The van der Waals surface area contributed by atoms with E-state index in [9.17, 15) is 0 Å². The summed E-state index contributed by atoms with van der Waals surface area (Å²) >= 11 is 0. The van der Waals surface area contributed by atoms with Gasteiger partial charge in [0.2, 0.25) is 5.95 Å². The molecule has 0 N–H and O–H groups in total. The molecule has 0 saturated heterocycles. The van der Waals surface area contributed by atoms with Crippen molar-refractivity contribution >= 4 is 81.6 Å². The van der Waals surface area contributed by atoms with Crippen LogP contribution in [0.15, 0.2) is 170 Å². The van der Waals surface area contributed by atoms with E-state index < -0.39 is 0 Å². The van der Waals surface area contributed by atoms with Crippen LogP contribution in [0.5, 0.6) is 0 Å². The van der Waals surface area contributed by atoms with E-state index in [0.29, 0.717) is 5.95 Å². The average Bonchev–Trinajstić information content (AvgIpc) is 3.70. The summed E-state index contributed by atoms with van der Waals surface area (Å²) in [4.78, 5) is 11.0. The van der Waals surface area contributed by atoms with Crippen LogP contribution in [-0.2, 0) is 0 Å². The number of para-hydroxylation sites is 2. The minimum Gasteiger partial charge on any atom is -0.308 e. The maximum atomic E-state index is 5.49. The predicted molar refractivity (Wildman–Crippen MR) is 217 cm³/mol. The van der Waals surface area contributed by atoms with Crippen LogP contribution in [0.25, 0.3) is 110 Å². The first-order valence-electron chi connectivity index (χ1n) is 17.8. The van der Waals surface area contributed by atoms with Gasteiger partial charge in [-0.2, -0.15) is 0 Å². The van der Waals surface area contributed by atoms with E-state index in [1.807, 2.05) is 0 Å². The second kappa shape index (κ2) is 10.3. The molecule has 0 saturated carbocycles. The van der Waals surface area contributed by atoms with Crippen LogP contribution in [0.2, 0.25) is 0 Å². The van der Waals surface area contributed by atoms with Crippen molar-refractivity contribution in [2.45, 2.75) is 0 Å². The van der Waals surface area contributed by atoms with Crippen LogP contribution in [-0.4, -0.2) is 18.9 Å². The fourth-order valence-electron chi connectivity index (χ4n) is 8.83. The molecule has 0 aliphatic heterocycles. The predicted octanol–water partition coefficient (Wildman–Crippen LogP) is 12.4. The molecule has 12 aromatic rings. The van der Waals surface area contributed by atoms with E-state index in [4.69, 9.17) is 9.97 Å². The second-order valence-electron chi connectivity index (χ2n) is 13.8. The zero-order valence-corrected chi connectivity index (χ0v) is 28.0. The van der Waals surface area contributed by atoms with Crippen LogP contribution in [0, 0.1) is 0 Å². The van der Waals surface area contributed by atoms with Crippen LogP contribution >= 0.6 is 0 Å². The zero-order chi connectivity index (χ0) is 33.9. The fraction of sp³-hybridized carbons (Fsp3) is 0. The van der Waals surface area contributed by atoms with Crippen molar-refractivity contribution in [3.63, 3.8) is 0 Å². The molecule has 4 nitrogen and oxygen atoms in total. The van der Waals surface area contributed by atoms with Crippen molar-refractivity contribution in [3.05, 3.63) is 170 Å². The third kappa shape index (κ3) is 3.65. The number of fused-ring (bicyclic) bond motifs is 8. The Morgan fingerprint density at radius 3 is 1.81 bits per heavy atom. The highest BCUT2D eigenvalue weighted by Gasteiger charge is 2.23. The van der Waals surface area contributed by atoms with Crippen LogP contribution in [0.1, 0.15) is 0 Å². The molecular weight excluding hydrogens is 633 g/mol. The molecule has 4 heterocycles. The smallest absolute Gasteiger partial charge is 0.235 e. The topological polar surface area (TPSA) is 35.1 Å². The Balaban J connectivity index is 1.23. The minimum atomic E-state index is 0.664. The Bertz CT molecular complexity index is 3390. The normalized spacial score (nSPS) is 12.2. The second-order valence-corrected chi connectivity index (χ2v) is 13.8. The van der Waals surface area contributed by atoms with E-state index >= 15 is 0 Å². The third-order valence-corrected chi connectivity index (χ3v) is 11.1. The van der Waals surface area contributed by atoms with Gasteiger partial charge in [0.25, 0.3) is 0 Å². The molecule has 8 aromatic carbocycles. The van der Waals surface area contributed by atoms with Gasteiger partial charge in [-0.25, -0.2) is 9.97 Å². The van der Waals surface area contributed by atoms with Gasteiger partial charge in [0.15, 0.2) is 0 Å². The van der Waals surface area contributed by atoms with Crippen molar-refractivity contribution in [1.82, 2.24) is 18.9 Å². The highest BCUT2D eigenvalue weighted by Crippen LogP contribution is 2.44. The number of hydrogen-bond donors (Lipinski definition) is 0. The van der Waals surface area contributed by atoms with Gasteiger partial charge < -0.3 is 4.40 Å². The van der Waals surface area contributed by atoms with E-state index in [0.717, 1.165) is 44.0 Å². The molecule has 12 rings (SSSR count). The van der Waals surface area contributed by atoms with E-state index in [1.165, 1.54) is 60.0 Å². The van der Waals surface area contributed by atoms with Gasteiger partial charge >= 0.3 is 0 Å². The lowest BCUT2D eigenvalue weighted by atomic mass is 9.99. The summed E-state index contributed by atoms with van der Waals surface area (Å²) < 4.78 is 4.76. The first-order chi connectivity index (χ1) is 25.8. The van der Waals surface area contributed by atoms with Gasteiger partial charge in [-0.15, -0.1) is 0 Å². The molecule has 4 heteroatoms. The molecule has 52 heavy (non-hydrogen) atoms. The van der Waals surface area contributed by atoms with Gasteiger partial charge in [0.05, 0.1) is 38.8 Å². The van der Waals surface area contributed by atoms with Crippen molar-refractivity contribution in [1.29, 1.82) is 0 Å². The molecule has 4 aromatic heterocycles. The molecule has 0 atom stereocenters. The first kappa shape index (κ1) is 27.7. The molecule has 0 unspecified atom stereocenters. The summed E-state index contributed by atoms with van der Waals surface area (Å²) in [5, 5.41) is 10.7. The summed E-state index contributed by atoms with van der Waals surface area (Å²) in [6, 6.07) is 61.1. The minimum absolute atomic E-state index is 0.664. The molecule has 0 spiro atoms. The largest absolute Gasteiger partial charge is 0.308 e. The molecule has 0 amide bonds. The molecule has 0 fully saturated rings. The van der Waals surface area contributed by atoms with Gasteiger partial charge in [-0.3, -0.25) is 4.57 Å². The maximum absolute atomic E-state index is 5.49. The highest BCUT2D eigenvalue weighted by molar-refractivity contribution is 6.31. The molecule has 240 valence electrons. The summed E-state index contributed by atoms with van der Waals surface area (Å²) in [5.41, 5.74) is 11.1. The molecule has 0 aliphatic rings. The lowest BCUT2D eigenvalue weighted by Gasteiger charge is -2.14. The van der Waals surface area contributed by atoms with Crippen LogP contribution < -0.4 is 0 Å². The van der Waals surface area contributed by atoms with E-state index in [-0.39, 0.29) is 0 Å². The maximum Gasteiger partial charge on any atom is 0.235 e. The number of benzene rings is 8.